The van der Waals surface area contributed by atoms with Crippen molar-refractivity contribution in [2.75, 3.05) is 31.6 Å². The van der Waals surface area contributed by atoms with Crippen molar-refractivity contribution in [3.63, 3.8) is 0 Å². The van der Waals surface area contributed by atoms with Crippen LogP contribution in [0.3, 0.4) is 0 Å². The summed E-state index contributed by atoms with van der Waals surface area (Å²) >= 11 is 0. The predicted octanol–water partition coefficient (Wildman–Crippen LogP) is -0.0569. The van der Waals surface area contributed by atoms with Crippen molar-refractivity contribution in [3.05, 3.63) is 23.8 Å². The van der Waals surface area contributed by atoms with E-state index in [1.807, 2.05) is 0 Å². The van der Waals surface area contributed by atoms with Gasteiger partial charge in [0.05, 0.1) is 18.8 Å². The minimum atomic E-state index is -1.09. The highest BCUT2D eigenvalue weighted by molar-refractivity contribution is 6.00. The van der Waals surface area contributed by atoms with Crippen LogP contribution >= 0.6 is 0 Å². The maximum absolute atomic E-state index is 12.5. The molecule has 0 spiro atoms. The van der Waals surface area contributed by atoms with Crippen molar-refractivity contribution in [1.29, 1.82) is 0 Å². The molecule has 3 rings (SSSR count). The molecule has 22 heavy (non-hydrogen) atoms. The molecule has 1 aromatic rings. The highest BCUT2D eigenvalue weighted by atomic mass is 16.5. The summed E-state index contributed by atoms with van der Waals surface area (Å²) in [5.41, 5.74) is 0.792. The summed E-state index contributed by atoms with van der Waals surface area (Å²) in [6.07, 6.45) is -1.02. The Kier molecular flexibility index (Phi) is 3.68. The van der Waals surface area contributed by atoms with Crippen LogP contribution in [0.4, 0.5) is 5.69 Å². The Morgan fingerprint density at radius 2 is 2.18 bits per heavy atom. The highest BCUT2D eigenvalue weighted by Gasteiger charge is 2.30. The average molecular weight is 306 g/mol. The van der Waals surface area contributed by atoms with E-state index in [-0.39, 0.29) is 31.6 Å². The van der Waals surface area contributed by atoms with E-state index in [4.69, 9.17) is 14.6 Å². The molecule has 0 saturated carbocycles. The Morgan fingerprint density at radius 1 is 1.36 bits per heavy atom. The van der Waals surface area contributed by atoms with Crippen LogP contribution in [-0.2, 0) is 14.3 Å². The van der Waals surface area contributed by atoms with Crippen LogP contribution in [0, 0.1) is 0 Å². The Hall–Kier alpha value is -2.61. The fourth-order valence-corrected chi connectivity index (χ4v) is 2.38. The summed E-state index contributed by atoms with van der Waals surface area (Å²) in [6.45, 7) is 0.439. The van der Waals surface area contributed by atoms with E-state index in [2.05, 4.69) is 5.32 Å². The fraction of sp³-hybridized carbons (Fsp3) is 0.357. The molecule has 2 heterocycles. The number of ether oxygens (including phenoxy) is 2. The third kappa shape index (κ3) is 2.73. The van der Waals surface area contributed by atoms with Crippen LogP contribution in [0.2, 0.25) is 0 Å². The lowest BCUT2D eigenvalue weighted by atomic mass is 10.1. The quantitative estimate of drug-likeness (QED) is 0.793. The number of hydrogen-bond acceptors (Lipinski definition) is 5. The molecule has 2 N–H and O–H groups in total. The Labute approximate surface area is 125 Å². The molecular formula is C14H14N2O6. The van der Waals surface area contributed by atoms with E-state index < -0.39 is 12.1 Å². The highest BCUT2D eigenvalue weighted by Crippen LogP contribution is 2.29. The molecule has 1 saturated heterocycles. The Morgan fingerprint density at radius 3 is 2.95 bits per heavy atom. The Bertz CT molecular complexity index is 644. The van der Waals surface area contributed by atoms with Crippen molar-refractivity contribution in [3.8, 4) is 5.75 Å². The number of carbonyl (C=O) groups excluding carboxylic acids is 2. The lowest BCUT2D eigenvalue weighted by molar-refractivity contribution is -0.154. The smallest absolute Gasteiger partial charge is 0.334 e. The van der Waals surface area contributed by atoms with Gasteiger partial charge in [-0.3, -0.25) is 9.59 Å². The van der Waals surface area contributed by atoms with Crippen molar-refractivity contribution in [1.82, 2.24) is 4.90 Å². The number of carbonyl (C=O) groups is 3. The van der Waals surface area contributed by atoms with Gasteiger partial charge in [0.15, 0.2) is 12.7 Å². The molecule has 1 aromatic carbocycles. The molecule has 8 nitrogen and oxygen atoms in total. The largest absolute Gasteiger partial charge is 0.482 e. The number of benzene rings is 1. The molecular weight excluding hydrogens is 292 g/mol. The molecule has 1 atom stereocenters. The minimum Gasteiger partial charge on any atom is -0.482 e. The van der Waals surface area contributed by atoms with Gasteiger partial charge in [0, 0.05) is 12.1 Å². The number of nitrogens with one attached hydrogen (secondary N) is 1. The standard InChI is InChI=1S/C14H14N2O6/c17-12-7-22-10-2-1-8(5-9(10)15-12)13(18)16-3-4-21-11(6-16)14(19)20/h1-2,5,11H,3-4,6-7H2,(H,15,17)(H,19,20)/t11-/m1/s1. The zero-order chi connectivity index (χ0) is 15.7. The number of carboxylic acid groups (broad SMARTS) is 1. The van der Waals surface area contributed by atoms with E-state index in [9.17, 15) is 14.4 Å². The average Bonchev–Trinajstić information content (AvgIpc) is 2.53. The summed E-state index contributed by atoms with van der Waals surface area (Å²) in [5.74, 6) is -1.18. The summed E-state index contributed by atoms with van der Waals surface area (Å²) in [7, 11) is 0. The van der Waals surface area contributed by atoms with Crippen LogP contribution < -0.4 is 10.1 Å². The third-order valence-electron chi connectivity index (χ3n) is 3.49. The van der Waals surface area contributed by atoms with E-state index >= 15 is 0 Å². The van der Waals surface area contributed by atoms with Crippen LogP contribution in [0.1, 0.15) is 10.4 Å². The van der Waals surface area contributed by atoms with Crippen LogP contribution in [0.5, 0.6) is 5.75 Å². The molecule has 8 heteroatoms. The summed E-state index contributed by atoms with van der Waals surface area (Å²) in [4.78, 5) is 36.2. The monoisotopic (exact) mass is 306 g/mol. The van der Waals surface area contributed by atoms with Gasteiger partial charge in [-0.05, 0) is 18.2 Å². The summed E-state index contributed by atoms with van der Waals surface area (Å²) in [5, 5.41) is 11.6. The van der Waals surface area contributed by atoms with Crippen molar-refractivity contribution < 1.29 is 29.0 Å². The molecule has 0 aliphatic carbocycles. The van der Waals surface area contributed by atoms with E-state index in [1.165, 1.54) is 11.0 Å². The number of aliphatic carboxylic acids is 1. The normalized spacial score (nSPS) is 20.6. The molecule has 116 valence electrons. The number of rotatable bonds is 2. The van der Waals surface area contributed by atoms with Gasteiger partial charge >= 0.3 is 5.97 Å². The van der Waals surface area contributed by atoms with Gasteiger partial charge in [-0.25, -0.2) is 4.79 Å². The van der Waals surface area contributed by atoms with Gasteiger partial charge in [-0.15, -0.1) is 0 Å². The van der Waals surface area contributed by atoms with E-state index in [0.29, 0.717) is 23.5 Å². The van der Waals surface area contributed by atoms with Gasteiger partial charge in [-0.1, -0.05) is 0 Å². The number of amides is 2. The molecule has 2 amide bonds. The number of fused-ring (bicyclic) bond motifs is 1. The number of morpholine rings is 1. The van der Waals surface area contributed by atoms with Crippen molar-refractivity contribution in [2.24, 2.45) is 0 Å². The maximum Gasteiger partial charge on any atom is 0.334 e. The first-order chi connectivity index (χ1) is 10.5. The second kappa shape index (κ2) is 5.64. The number of carboxylic acids is 1. The summed E-state index contributed by atoms with van der Waals surface area (Å²) in [6, 6.07) is 4.72. The molecule has 0 radical (unpaired) electrons. The second-order valence-electron chi connectivity index (χ2n) is 5.00. The minimum absolute atomic E-state index is 0.00584. The topological polar surface area (TPSA) is 105 Å². The first-order valence-corrected chi connectivity index (χ1v) is 6.75. The van der Waals surface area contributed by atoms with Gasteiger partial charge < -0.3 is 24.8 Å². The van der Waals surface area contributed by atoms with Gasteiger partial charge in [0.25, 0.3) is 11.8 Å². The molecule has 0 aromatic heterocycles. The molecule has 2 aliphatic rings. The van der Waals surface area contributed by atoms with Gasteiger partial charge in [0.2, 0.25) is 0 Å². The Balaban J connectivity index is 1.79. The van der Waals surface area contributed by atoms with Crippen LogP contribution in [0.15, 0.2) is 18.2 Å². The van der Waals surface area contributed by atoms with Gasteiger partial charge in [-0.2, -0.15) is 0 Å². The van der Waals surface area contributed by atoms with Crippen LogP contribution in [-0.4, -0.2) is 60.2 Å². The molecule has 2 aliphatic heterocycles. The van der Waals surface area contributed by atoms with Gasteiger partial charge in [0.1, 0.15) is 5.75 Å². The zero-order valence-corrected chi connectivity index (χ0v) is 11.6. The lowest BCUT2D eigenvalue weighted by Crippen LogP contribution is -2.48. The van der Waals surface area contributed by atoms with Crippen LogP contribution in [0.25, 0.3) is 0 Å². The first-order valence-electron chi connectivity index (χ1n) is 6.75. The zero-order valence-electron chi connectivity index (χ0n) is 11.6. The van der Waals surface area contributed by atoms with Crippen molar-refractivity contribution in [2.45, 2.75) is 6.10 Å². The SMILES string of the molecule is O=C1COc2ccc(C(=O)N3CCO[C@@H](C(=O)O)C3)cc2N1. The lowest BCUT2D eigenvalue weighted by Gasteiger charge is -2.31. The van der Waals surface area contributed by atoms with E-state index in [1.54, 1.807) is 12.1 Å². The number of anilines is 1. The summed E-state index contributed by atoms with van der Waals surface area (Å²) < 4.78 is 10.3. The fourth-order valence-electron chi connectivity index (χ4n) is 2.38. The van der Waals surface area contributed by atoms with E-state index in [0.717, 1.165) is 0 Å². The second-order valence-corrected chi connectivity index (χ2v) is 5.00. The molecule has 0 bridgehead atoms. The van der Waals surface area contributed by atoms with Crippen molar-refractivity contribution >= 4 is 23.5 Å². The number of nitrogens with zero attached hydrogens (tertiary/aromatic N) is 1. The predicted molar refractivity (Wildman–Crippen MR) is 73.8 cm³/mol. The third-order valence-corrected chi connectivity index (χ3v) is 3.49. The molecule has 1 fully saturated rings. The maximum atomic E-state index is 12.5. The molecule has 0 unspecified atom stereocenters. The number of hydrogen-bond donors (Lipinski definition) is 2. The first kappa shape index (κ1) is 14.3.